The minimum atomic E-state index is -0.360. The number of aromatic nitrogens is 1. The van der Waals surface area contributed by atoms with Crippen LogP contribution in [0.5, 0.6) is 0 Å². The van der Waals surface area contributed by atoms with E-state index in [0.717, 1.165) is 22.8 Å². The van der Waals surface area contributed by atoms with Crippen LogP contribution in [0.2, 0.25) is 0 Å². The van der Waals surface area contributed by atoms with Crippen molar-refractivity contribution >= 4 is 11.7 Å². The Hall–Kier alpha value is -2.82. The first-order valence-electron chi connectivity index (χ1n) is 7.34. The monoisotopic (exact) mass is 310 g/mol. The zero-order valence-electron chi connectivity index (χ0n) is 13.3. The molecule has 5 nitrogen and oxygen atoms in total. The predicted molar refractivity (Wildman–Crippen MR) is 86.6 cm³/mol. The van der Waals surface area contributed by atoms with Crippen molar-refractivity contribution in [3.63, 3.8) is 0 Å². The molecule has 0 fully saturated rings. The molecule has 3 heterocycles. The summed E-state index contributed by atoms with van der Waals surface area (Å²) in [6.07, 6.45) is 7.10. The number of allylic oxidation sites excluding steroid dienone is 3. The molecule has 0 amide bonds. The van der Waals surface area contributed by atoms with Gasteiger partial charge >= 0.3 is 5.97 Å². The van der Waals surface area contributed by atoms with Crippen molar-refractivity contribution in [2.45, 2.75) is 19.8 Å². The maximum atomic E-state index is 12.4. The van der Waals surface area contributed by atoms with Gasteiger partial charge in [0.05, 0.1) is 36.7 Å². The number of pyridine rings is 1. The Morgan fingerprint density at radius 3 is 2.74 bits per heavy atom. The Morgan fingerprint density at radius 2 is 2.13 bits per heavy atom. The van der Waals surface area contributed by atoms with Gasteiger partial charge in [-0.05, 0) is 44.2 Å². The molecule has 1 aliphatic heterocycles. The van der Waals surface area contributed by atoms with Crippen LogP contribution < -0.4 is 4.90 Å². The average Bonchev–Trinajstić information content (AvgIpc) is 3.09. The van der Waals surface area contributed by atoms with Crippen molar-refractivity contribution < 1.29 is 13.9 Å². The van der Waals surface area contributed by atoms with Gasteiger partial charge in [-0.25, -0.2) is 4.79 Å². The quantitative estimate of drug-likeness (QED) is 0.810. The van der Waals surface area contributed by atoms with E-state index in [-0.39, 0.29) is 11.9 Å². The number of furan rings is 1. The van der Waals surface area contributed by atoms with Crippen LogP contribution in [-0.4, -0.2) is 18.1 Å². The molecule has 5 heteroatoms. The lowest BCUT2D eigenvalue weighted by atomic mass is 9.89. The van der Waals surface area contributed by atoms with E-state index in [1.165, 1.54) is 7.11 Å². The van der Waals surface area contributed by atoms with E-state index >= 15 is 0 Å². The summed E-state index contributed by atoms with van der Waals surface area (Å²) in [7, 11) is 1.39. The third-order valence-electron chi connectivity index (χ3n) is 3.96. The molecule has 118 valence electrons. The van der Waals surface area contributed by atoms with Gasteiger partial charge in [0, 0.05) is 17.6 Å². The van der Waals surface area contributed by atoms with E-state index in [2.05, 4.69) is 4.98 Å². The fraction of sp³-hybridized carbons (Fsp3) is 0.222. The van der Waals surface area contributed by atoms with E-state index in [1.807, 2.05) is 49.1 Å². The first-order chi connectivity index (χ1) is 11.1. The molecular weight excluding hydrogens is 292 g/mol. The molecular formula is C18H18N2O3. The third kappa shape index (κ3) is 2.65. The minimum Gasteiger partial charge on any atom is -0.468 e. The molecule has 0 N–H and O–H groups in total. The fourth-order valence-electron chi connectivity index (χ4n) is 2.97. The number of rotatable bonds is 3. The van der Waals surface area contributed by atoms with Crippen molar-refractivity contribution in [1.29, 1.82) is 0 Å². The topological polar surface area (TPSA) is 55.6 Å². The van der Waals surface area contributed by atoms with E-state index < -0.39 is 0 Å². The molecule has 1 atom stereocenters. The number of carbonyl (C=O) groups excluding carboxylic acids is 1. The summed E-state index contributed by atoms with van der Waals surface area (Å²) in [6, 6.07) is 7.50. The first-order valence-corrected chi connectivity index (χ1v) is 7.34. The van der Waals surface area contributed by atoms with E-state index in [4.69, 9.17) is 9.15 Å². The van der Waals surface area contributed by atoms with Gasteiger partial charge in [-0.3, -0.25) is 4.98 Å². The van der Waals surface area contributed by atoms with Crippen molar-refractivity contribution in [3.05, 3.63) is 71.7 Å². The molecule has 0 saturated heterocycles. The summed E-state index contributed by atoms with van der Waals surface area (Å²) in [4.78, 5) is 18.5. The van der Waals surface area contributed by atoms with Crippen molar-refractivity contribution in [2.24, 2.45) is 0 Å². The molecule has 0 bridgehead atoms. The summed E-state index contributed by atoms with van der Waals surface area (Å²) in [5.41, 5.74) is 3.28. The molecule has 3 rings (SSSR count). The molecule has 1 unspecified atom stereocenters. The highest BCUT2D eigenvalue weighted by molar-refractivity contribution is 5.93. The van der Waals surface area contributed by atoms with Gasteiger partial charge in [-0.15, -0.1) is 0 Å². The summed E-state index contributed by atoms with van der Waals surface area (Å²) in [5.74, 6) is 0.0989. The lowest BCUT2D eigenvalue weighted by Crippen LogP contribution is -2.29. The summed E-state index contributed by atoms with van der Waals surface area (Å²) in [5, 5.41) is 0. The van der Waals surface area contributed by atoms with E-state index in [0.29, 0.717) is 5.57 Å². The van der Waals surface area contributed by atoms with Crippen LogP contribution in [0.1, 0.15) is 25.5 Å². The SMILES string of the molecule is COC(=O)C1=C(C)N(c2cccnc2)C(C)=CC1c1ccco1. The van der Waals surface area contributed by atoms with Crippen LogP contribution in [-0.2, 0) is 9.53 Å². The molecule has 0 spiro atoms. The van der Waals surface area contributed by atoms with Gasteiger partial charge in [0.15, 0.2) is 0 Å². The molecule has 1 aliphatic rings. The number of nitrogens with zero attached hydrogens (tertiary/aromatic N) is 2. The van der Waals surface area contributed by atoms with Crippen molar-refractivity contribution in [3.8, 4) is 0 Å². The first kappa shape index (κ1) is 15.1. The lowest BCUT2D eigenvalue weighted by Gasteiger charge is -2.33. The zero-order valence-corrected chi connectivity index (χ0v) is 13.3. The van der Waals surface area contributed by atoms with Crippen LogP contribution in [0.25, 0.3) is 0 Å². The van der Waals surface area contributed by atoms with Crippen LogP contribution >= 0.6 is 0 Å². The van der Waals surface area contributed by atoms with Crippen LogP contribution in [0, 0.1) is 0 Å². The number of hydrogen-bond acceptors (Lipinski definition) is 5. The summed E-state index contributed by atoms with van der Waals surface area (Å²) < 4.78 is 10.5. The van der Waals surface area contributed by atoms with Gasteiger partial charge in [0.2, 0.25) is 0 Å². The highest BCUT2D eigenvalue weighted by atomic mass is 16.5. The third-order valence-corrected chi connectivity index (χ3v) is 3.96. The van der Waals surface area contributed by atoms with Crippen molar-refractivity contribution in [1.82, 2.24) is 4.98 Å². The number of hydrogen-bond donors (Lipinski definition) is 0. The van der Waals surface area contributed by atoms with Gasteiger partial charge < -0.3 is 14.1 Å². The zero-order chi connectivity index (χ0) is 16.4. The van der Waals surface area contributed by atoms with Gasteiger partial charge in [-0.2, -0.15) is 0 Å². The highest BCUT2D eigenvalue weighted by Crippen LogP contribution is 2.39. The van der Waals surface area contributed by atoms with Crippen LogP contribution in [0.15, 0.2) is 70.4 Å². The number of ether oxygens (including phenoxy) is 1. The smallest absolute Gasteiger partial charge is 0.336 e. The molecule has 23 heavy (non-hydrogen) atoms. The van der Waals surface area contributed by atoms with Gasteiger partial charge in [0.25, 0.3) is 0 Å². The Bertz CT molecular complexity index is 761. The van der Waals surface area contributed by atoms with Crippen LogP contribution in [0.3, 0.4) is 0 Å². The number of anilines is 1. The second-order valence-electron chi connectivity index (χ2n) is 5.34. The van der Waals surface area contributed by atoms with E-state index in [1.54, 1.807) is 18.7 Å². The normalized spacial score (nSPS) is 18.0. The molecule has 2 aromatic heterocycles. The fourth-order valence-corrected chi connectivity index (χ4v) is 2.97. The number of carbonyl (C=O) groups is 1. The maximum absolute atomic E-state index is 12.4. The largest absolute Gasteiger partial charge is 0.468 e. The molecule has 0 saturated carbocycles. The molecule has 0 aromatic carbocycles. The van der Waals surface area contributed by atoms with Gasteiger partial charge in [0.1, 0.15) is 5.76 Å². The van der Waals surface area contributed by atoms with Crippen LogP contribution in [0.4, 0.5) is 5.69 Å². The molecule has 2 aromatic rings. The Morgan fingerprint density at radius 1 is 1.30 bits per heavy atom. The number of esters is 1. The molecule has 0 aliphatic carbocycles. The molecule has 0 radical (unpaired) electrons. The standard InChI is InChI=1S/C18H18N2O3/c1-12-10-15(16-7-5-9-23-16)17(18(21)22-3)13(2)20(12)14-6-4-8-19-11-14/h4-11,15H,1-3H3. The Balaban J connectivity index is 2.14. The summed E-state index contributed by atoms with van der Waals surface area (Å²) >= 11 is 0. The highest BCUT2D eigenvalue weighted by Gasteiger charge is 2.33. The summed E-state index contributed by atoms with van der Waals surface area (Å²) in [6.45, 7) is 3.91. The Labute approximate surface area is 134 Å². The second-order valence-corrected chi connectivity index (χ2v) is 5.34. The van der Waals surface area contributed by atoms with Crippen molar-refractivity contribution in [2.75, 3.05) is 12.0 Å². The van der Waals surface area contributed by atoms with E-state index in [9.17, 15) is 4.79 Å². The second kappa shape index (κ2) is 6.12. The maximum Gasteiger partial charge on any atom is 0.336 e. The average molecular weight is 310 g/mol. The predicted octanol–water partition coefficient (Wildman–Crippen LogP) is 3.63. The number of methoxy groups -OCH3 is 1. The Kier molecular flexibility index (Phi) is 4.02. The minimum absolute atomic E-state index is 0.259. The lowest BCUT2D eigenvalue weighted by molar-refractivity contribution is -0.136. The van der Waals surface area contributed by atoms with Gasteiger partial charge in [-0.1, -0.05) is 0 Å².